The van der Waals surface area contributed by atoms with Crippen molar-refractivity contribution in [2.24, 2.45) is 0 Å². The minimum atomic E-state index is -0.636. The molecule has 1 amide bonds. The first-order valence-electron chi connectivity index (χ1n) is 5.81. The van der Waals surface area contributed by atoms with Crippen LogP contribution in [0.1, 0.15) is 23.0 Å². The minimum Gasteiger partial charge on any atom is -0.305 e. The monoisotopic (exact) mass is 294 g/mol. The van der Waals surface area contributed by atoms with Gasteiger partial charge in [-0.25, -0.2) is 0 Å². The van der Waals surface area contributed by atoms with Crippen molar-refractivity contribution >= 4 is 29.0 Å². The molecule has 7 nitrogen and oxygen atoms in total. The molecule has 1 aromatic carbocycles. The summed E-state index contributed by atoms with van der Waals surface area (Å²) >= 11 is 5.69. The zero-order chi connectivity index (χ0) is 14.7. The molecule has 1 heterocycles. The van der Waals surface area contributed by atoms with Crippen molar-refractivity contribution in [1.29, 1.82) is 0 Å². The van der Waals surface area contributed by atoms with E-state index >= 15 is 0 Å². The lowest BCUT2D eigenvalue weighted by Gasteiger charge is -2.02. The Balaban J connectivity index is 2.21. The Morgan fingerprint density at radius 1 is 1.50 bits per heavy atom. The van der Waals surface area contributed by atoms with E-state index in [-0.39, 0.29) is 16.3 Å². The summed E-state index contributed by atoms with van der Waals surface area (Å²) in [5, 5.41) is 20.0. The average Bonchev–Trinajstić information content (AvgIpc) is 2.86. The lowest BCUT2D eigenvalue weighted by atomic mass is 10.2. The van der Waals surface area contributed by atoms with Crippen LogP contribution in [-0.2, 0) is 6.42 Å². The summed E-state index contributed by atoms with van der Waals surface area (Å²) in [6.45, 7) is 1.95. The predicted octanol–water partition coefficient (Wildman–Crippen LogP) is 2.79. The van der Waals surface area contributed by atoms with Crippen LogP contribution in [0.3, 0.4) is 0 Å². The van der Waals surface area contributed by atoms with Crippen molar-refractivity contribution in [3.8, 4) is 0 Å². The van der Waals surface area contributed by atoms with E-state index in [1.165, 1.54) is 12.1 Å². The molecule has 0 bridgehead atoms. The van der Waals surface area contributed by atoms with Crippen LogP contribution >= 0.6 is 11.6 Å². The van der Waals surface area contributed by atoms with Gasteiger partial charge in [0.05, 0.1) is 4.92 Å². The Morgan fingerprint density at radius 3 is 2.85 bits per heavy atom. The Morgan fingerprint density at radius 2 is 2.25 bits per heavy atom. The maximum Gasteiger partial charge on any atom is 0.288 e. The van der Waals surface area contributed by atoms with E-state index in [1.54, 1.807) is 6.07 Å². The van der Waals surface area contributed by atoms with E-state index in [4.69, 9.17) is 11.6 Å². The van der Waals surface area contributed by atoms with E-state index < -0.39 is 10.8 Å². The van der Waals surface area contributed by atoms with Crippen LogP contribution in [-0.4, -0.2) is 21.0 Å². The first-order chi connectivity index (χ1) is 9.51. The maximum absolute atomic E-state index is 12.0. The van der Waals surface area contributed by atoms with Crippen molar-refractivity contribution in [2.45, 2.75) is 13.3 Å². The summed E-state index contributed by atoms with van der Waals surface area (Å²) in [7, 11) is 0. The zero-order valence-corrected chi connectivity index (χ0v) is 11.3. The van der Waals surface area contributed by atoms with Crippen molar-refractivity contribution in [1.82, 2.24) is 10.2 Å². The van der Waals surface area contributed by atoms with Crippen LogP contribution in [0, 0.1) is 10.1 Å². The Labute approximate surface area is 119 Å². The standard InChI is InChI=1S/C12H11ClN4O3/c1-2-8-6-11(16-15-8)14-12(18)7-3-4-9(13)10(5-7)17(19)20/h3-6H,2H2,1H3,(H2,14,15,16,18). The number of carbonyl (C=O) groups is 1. The van der Waals surface area contributed by atoms with Gasteiger partial charge in [0, 0.05) is 23.4 Å². The quantitative estimate of drug-likeness (QED) is 0.668. The number of hydrogen-bond donors (Lipinski definition) is 2. The first kappa shape index (κ1) is 14.0. The second-order valence-corrected chi connectivity index (χ2v) is 4.42. The van der Waals surface area contributed by atoms with Gasteiger partial charge in [0.25, 0.3) is 11.6 Å². The molecule has 2 aromatic rings. The average molecular weight is 295 g/mol. The topological polar surface area (TPSA) is 101 Å². The van der Waals surface area contributed by atoms with Crippen molar-refractivity contribution in [3.05, 3.63) is 50.7 Å². The van der Waals surface area contributed by atoms with Crippen LogP contribution < -0.4 is 5.32 Å². The molecule has 2 N–H and O–H groups in total. The molecule has 0 saturated heterocycles. The highest BCUT2D eigenvalue weighted by Gasteiger charge is 2.16. The Bertz CT molecular complexity index is 668. The molecule has 104 valence electrons. The number of aryl methyl sites for hydroxylation is 1. The Kier molecular flexibility index (Phi) is 3.99. The van der Waals surface area contributed by atoms with Gasteiger partial charge in [-0.15, -0.1) is 0 Å². The number of nitro groups is 1. The Hall–Kier alpha value is -2.41. The molecule has 1 aromatic heterocycles. The summed E-state index contributed by atoms with van der Waals surface area (Å²) < 4.78 is 0. The molecule has 0 aliphatic carbocycles. The number of anilines is 1. The molecule has 0 atom stereocenters. The zero-order valence-electron chi connectivity index (χ0n) is 10.5. The van der Waals surface area contributed by atoms with E-state index in [1.807, 2.05) is 6.92 Å². The van der Waals surface area contributed by atoms with Gasteiger partial charge in [-0.05, 0) is 18.6 Å². The van der Waals surface area contributed by atoms with Gasteiger partial charge in [-0.3, -0.25) is 20.0 Å². The lowest BCUT2D eigenvalue weighted by Crippen LogP contribution is -2.12. The number of aromatic nitrogens is 2. The van der Waals surface area contributed by atoms with Gasteiger partial charge < -0.3 is 5.32 Å². The summed E-state index contributed by atoms with van der Waals surface area (Å²) in [6, 6.07) is 5.56. The molecule has 0 saturated carbocycles. The number of nitrogens with zero attached hydrogens (tertiary/aromatic N) is 2. The number of rotatable bonds is 4. The number of H-pyrrole nitrogens is 1. The molecule has 20 heavy (non-hydrogen) atoms. The van der Waals surface area contributed by atoms with Crippen molar-refractivity contribution in [2.75, 3.05) is 5.32 Å². The van der Waals surface area contributed by atoms with Gasteiger partial charge in [-0.2, -0.15) is 5.10 Å². The van der Waals surface area contributed by atoms with Gasteiger partial charge >= 0.3 is 0 Å². The molecular weight excluding hydrogens is 284 g/mol. The van der Waals surface area contributed by atoms with Crippen LogP contribution in [0.25, 0.3) is 0 Å². The van der Waals surface area contributed by atoms with Gasteiger partial charge in [0.15, 0.2) is 5.82 Å². The van der Waals surface area contributed by atoms with Crippen LogP contribution in [0.2, 0.25) is 5.02 Å². The SMILES string of the molecule is CCc1cc(NC(=O)c2ccc(Cl)c([N+](=O)[O-])c2)n[nH]1. The third kappa shape index (κ3) is 2.94. The van der Waals surface area contributed by atoms with Crippen molar-refractivity contribution in [3.63, 3.8) is 0 Å². The number of halogens is 1. The molecular formula is C12H11ClN4O3. The highest BCUT2D eigenvalue weighted by atomic mass is 35.5. The summed E-state index contributed by atoms with van der Waals surface area (Å²) in [4.78, 5) is 22.1. The number of nitrogens with one attached hydrogen (secondary N) is 2. The predicted molar refractivity (Wildman–Crippen MR) is 74.0 cm³/mol. The fourth-order valence-electron chi connectivity index (χ4n) is 1.59. The van der Waals surface area contributed by atoms with Gasteiger partial charge in [-0.1, -0.05) is 18.5 Å². The lowest BCUT2D eigenvalue weighted by molar-refractivity contribution is -0.384. The summed E-state index contributed by atoms with van der Waals surface area (Å²) in [6.07, 6.45) is 0.759. The van der Waals surface area contributed by atoms with Crippen LogP contribution in [0.15, 0.2) is 24.3 Å². The van der Waals surface area contributed by atoms with Gasteiger partial charge in [0.1, 0.15) is 5.02 Å². The third-order valence-corrected chi connectivity index (χ3v) is 2.98. The number of hydrogen-bond acceptors (Lipinski definition) is 4. The fourth-order valence-corrected chi connectivity index (χ4v) is 1.78. The largest absolute Gasteiger partial charge is 0.305 e. The van der Waals surface area contributed by atoms with E-state index in [9.17, 15) is 14.9 Å². The second kappa shape index (κ2) is 5.70. The molecule has 2 rings (SSSR count). The summed E-state index contributed by atoms with van der Waals surface area (Å²) in [5.41, 5.74) is 0.708. The van der Waals surface area contributed by atoms with Crippen LogP contribution in [0.5, 0.6) is 0 Å². The smallest absolute Gasteiger partial charge is 0.288 e. The number of benzene rings is 1. The highest BCUT2D eigenvalue weighted by Crippen LogP contribution is 2.25. The molecule has 0 aliphatic rings. The molecule has 0 fully saturated rings. The van der Waals surface area contributed by atoms with E-state index in [2.05, 4.69) is 15.5 Å². The van der Waals surface area contributed by atoms with Crippen molar-refractivity contribution < 1.29 is 9.72 Å². The number of amides is 1. The first-order valence-corrected chi connectivity index (χ1v) is 6.18. The molecule has 0 aliphatic heterocycles. The fraction of sp³-hybridized carbons (Fsp3) is 0.167. The van der Waals surface area contributed by atoms with E-state index in [0.29, 0.717) is 5.82 Å². The second-order valence-electron chi connectivity index (χ2n) is 4.01. The third-order valence-electron chi connectivity index (χ3n) is 2.66. The molecule has 0 spiro atoms. The maximum atomic E-state index is 12.0. The molecule has 0 radical (unpaired) electrons. The molecule has 8 heteroatoms. The number of aromatic amines is 1. The van der Waals surface area contributed by atoms with E-state index in [0.717, 1.165) is 18.2 Å². The van der Waals surface area contributed by atoms with Gasteiger partial charge in [0.2, 0.25) is 0 Å². The number of carbonyl (C=O) groups excluding carboxylic acids is 1. The minimum absolute atomic E-state index is 0.0143. The normalized spacial score (nSPS) is 10.3. The highest BCUT2D eigenvalue weighted by molar-refractivity contribution is 6.32. The summed E-state index contributed by atoms with van der Waals surface area (Å²) in [5.74, 6) is -0.122. The van der Waals surface area contributed by atoms with Crippen LogP contribution in [0.4, 0.5) is 11.5 Å². The number of nitro benzene ring substituents is 1. The molecule has 0 unspecified atom stereocenters.